The van der Waals surface area contributed by atoms with Crippen molar-refractivity contribution in [3.63, 3.8) is 0 Å². The first-order valence-corrected chi connectivity index (χ1v) is 9.10. The number of nitrogens with zero attached hydrogens (tertiary/aromatic N) is 1. The van der Waals surface area contributed by atoms with Gasteiger partial charge in [-0.05, 0) is 33.6 Å². The third kappa shape index (κ3) is 3.22. The second-order valence-electron chi connectivity index (χ2n) is 5.02. The van der Waals surface area contributed by atoms with Crippen LogP contribution in [0.1, 0.15) is 5.56 Å². The van der Waals surface area contributed by atoms with Crippen molar-refractivity contribution < 1.29 is 22.3 Å². The zero-order valence-corrected chi connectivity index (χ0v) is 14.6. The van der Waals surface area contributed by atoms with E-state index in [1.165, 1.54) is 12.1 Å². The molecule has 1 amide bonds. The Morgan fingerprint density at radius 1 is 1.21 bits per heavy atom. The summed E-state index contributed by atoms with van der Waals surface area (Å²) in [6.45, 7) is -0.373. The smallest absolute Gasteiger partial charge is 0.326 e. The summed E-state index contributed by atoms with van der Waals surface area (Å²) in [6, 6.07) is 12.0. The lowest BCUT2D eigenvalue weighted by molar-refractivity contribution is -0.117. The monoisotopic (exact) mass is 414 g/mol. The lowest BCUT2D eigenvalue weighted by Gasteiger charge is -2.20. The fourth-order valence-electron chi connectivity index (χ4n) is 2.25. The topological polar surface area (TPSA) is 75.7 Å². The second kappa shape index (κ2) is 6.40. The second-order valence-corrected chi connectivity index (χ2v) is 7.47. The molecule has 6 nitrogen and oxygen atoms in total. The van der Waals surface area contributed by atoms with Crippen LogP contribution in [0.5, 0.6) is 5.75 Å². The van der Waals surface area contributed by atoms with Crippen molar-refractivity contribution >= 4 is 37.7 Å². The summed E-state index contributed by atoms with van der Waals surface area (Å²) >= 11 is 3.02. The maximum atomic E-state index is 14.5. The number of carbonyl (C=O) groups is 1. The zero-order chi connectivity index (χ0) is 17.3. The molecule has 0 atom stereocenters. The summed E-state index contributed by atoms with van der Waals surface area (Å²) in [5.74, 6) is -1.52. The molecule has 0 bridgehead atoms. The number of benzene rings is 2. The van der Waals surface area contributed by atoms with E-state index >= 15 is 0 Å². The molecule has 1 aliphatic heterocycles. The van der Waals surface area contributed by atoms with E-state index in [0.717, 1.165) is 5.56 Å². The van der Waals surface area contributed by atoms with Gasteiger partial charge in [-0.2, -0.15) is 8.42 Å². The average molecular weight is 415 g/mol. The van der Waals surface area contributed by atoms with Gasteiger partial charge in [-0.15, -0.1) is 0 Å². The van der Waals surface area contributed by atoms with Crippen molar-refractivity contribution in [2.45, 2.75) is 6.61 Å². The van der Waals surface area contributed by atoms with Crippen molar-refractivity contribution in [1.82, 2.24) is 4.72 Å². The van der Waals surface area contributed by atoms with Crippen molar-refractivity contribution in [3.05, 3.63) is 58.3 Å². The number of ether oxygens (including phenoxy) is 1. The molecule has 0 aromatic heterocycles. The number of nitrogens with one attached hydrogen (secondary N) is 1. The van der Waals surface area contributed by atoms with Crippen LogP contribution in [0.15, 0.2) is 46.9 Å². The minimum absolute atomic E-state index is 0.0274. The first-order valence-electron chi connectivity index (χ1n) is 6.86. The highest BCUT2D eigenvalue weighted by Crippen LogP contribution is 2.38. The van der Waals surface area contributed by atoms with E-state index in [-0.39, 0.29) is 22.5 Å². The fraction of sp³-hybridized carbons (Fsp3) is 0.133. The van der Waals surface area contributed by atoms with E-state index in [0.29, 0.717) is 4.31 Å². The third-order valence-electron chi connectivity index (χ3n) is 3.34. The first-order chi connectivity index (χ1) is 11.4. The van der Waals surface area contributed by atoms with E-state index in [9.17, 15) is 17.6 Å². The summed E-state index contributed by atoms with van der Waals surface area (Å²) in [4.78, 5) is 11.4. The van der Waals surface area contributed by atoms with Crippen LogP contribution in [0.25, 0.3) is 0 Å². The Hall–Kier alpha value is -2.13. The van der Waals surface area contributed by atoms with Gasteiger partial charge in [0.2, 0.25) is 0 Å². The lowest BCUT2D eigenvalue weighted by Crippen LogP contribution is -2.30. The molecule has 3 rings (SSSR count). The predicted molar refractivity (Wildman–Crippen MR) is 89.3 cm³/mol. The summed E-state index contributed by atoms with van der Waals surface area (Å²) in [5, 5.41) is 0. The van der Waals surface area contributed by atoms with E-state index < -0.39 is 28.5 Å². The molecule has 1 fully saturated rings. The van der Waals surface area contributed by atoms with Crippen molar-refractivity contribution in [2.24, 2.45) is 0 Å². The third-order valence-corrected chi connectivity index (χ3v) is 5.33. The van der Waals surface area contributed by atoms with Gasteiger partial charge in [0.25, 0.3) is 5.91 Å². The maximum absolute atomic E-state index is 14.5. The number of rotatable bonds is 4. The van der Waals surface area contributed by atoms with Gasteiger partial charge in [-0.1, -0.05) is 30.3 Å². The van der Waals surface area contributed by atoms with Crippen molar-refractivity contribution in [2.75, 3.05) is 10.8 Å². The van der Waals surface area contributed by atoms with Gasteiger partial charge >= 0.3 is 10.2 Å². The Balaban J connectivity index is 1.98. The first kappa shape index (κ1) is 16.7. The lowest BCUT2D eigenvalue weighted by atomic mass is 10.2. The van der Waals surface area contributed by atoms with E-state index in [1.54, 1.807) is 0 Å². The molecule has 9 heteroatoms. The predicted octanol–water partition coefficient (Wildman–Crippen LogP) is 2.35. The average Bonchev–Trinajstić information content (AvgIpc) is 2.82. The standard InChI is InChI=1S/C15H12BrFN2O4S/c16-11-6-7-12(23-9-10-4-2-1-3-5-10)15(14(11)17)19-8-13(20)18-24(19,21)22/h1-7H,8-9H2,(H,18,20). The largest absolute Gasteiger partial charge is 0.487 e. The SMILES string of the molecule is O=C1CN(c2c(OCc3ccccc3)ccc(Br)c2F)S(=O)(=O)N1. The Kier molecular flexibility index (Phi) is 4.46. The van der Waals surface area contributed by atoms with Crippen molar-refractivity contribution in [3.8, 4) is 5.75 Å². The fourth-order valence-corrected chi connectivity index (χ4v) is 3.73. The van der Waals surface area contributed by atoms with Gasteiger partial charge in [0.15, 0.2) is 5.82 Å². The highest BCUT2D eigenvalue weighted by Gasteiger charge is 2.38. The van der Waals surface area contributed by atoms with Gasteiger partial charge in [0.05, 0.1) is 4.47 Å². The van der Waals surface area contributed by atoms with Gasteiger partial charge in [0, 0.05) is 0 Å². The summed E-state index contributed by atoms with van der Waals surface area (Å²) in [6.07, 6.45) is 0. The molecule has 0 saturated carbocycles. The molecule has 0 spiro atoms. The minimum atomic E-state index is -4.14. The number of amides is 1. The summed E-state index contributed by atoms with van der Waals surface area (Å²) in [7, 11) is -4.14. The highest BCUT2D eigenvalue weighted by atomic mass is 79.9. The molecule has 0 aliphatic carbocycles. The number of carbonyl (C=O) groups excluding carboxylic acids is 1. The van der Waals surface area contributed by atoms with Gasteiger partial charge in [0.1, 0.15) is 24.6 Å². The van der Waals surface area contributed by atoms with Crippen LogP contribution >= 0.6 is 15.9 Å². The molecule has 2 aromatic carbocycles. The molecule has 24 heavy (non-hydrogen) atoms. The Labute approximate surface area is 146 Å². The molecule has 1 aliphatic rings. The molecule has 2 aromatic rings. The maximum Gasteiger partial charge on any atom is 0.326 e. The van der Waals surface area contributed by atoms with E-state index in [2.05, 4.69) is 15.9 Å². The van der Waals surface area contributed by atoms with Crippen LogP contribution in [-0.4, -0.2) is 20.9 Å². The molecular formula is C15H12BrFN2O4S. The molecule has 1 N–H and O–H groups in total. The number of halogens is 2. The van der Waals surface area contributed by atoms with Crippen LogP contribution in [-0.2, 0) is 21.6 Å². The highest BCUT2D eigenvalue weighted by molar-refractivity contribution is 9.10. The summed E-state index contributed by atoms with van der Waals surface area (Å²) < 4.78 is 46.7. The Bertz CT molecular complexity index is 890. The number of hydrogen-bond donors (Lipinski definition) is 1. The van der Waals surface area contributed by atoms with Crippen LogP contribution in [0, 0.1) is 5.82 Å². The number of anilines is 1. The number of hydrogen-bond acceptors (Lipinski definition) is 4. The normalized spacial score (nSPS) is 16.1. The van der Waals surface area contributed by atoms with Gasteiger partial charge in [-0.25, -0.2) is 13.4 Å². The Morgan fingerprint density at radius 2 is 1.92 bits per heavy atom. The van der Waals surface area contributed by atoms with Crippen LogP contribution in [0.2, 0.25) is 0 Å². The summed E-state index contributed by atoms with van der Waals surface area (Å²) in [5.41, 5.74) is 0.531. The van der Waals surface area contributed by atoms with Gasteiger partial charge < -0.3 is 4.74 Å². The van der Waals surface area contributed by atoms with Gasteiger partial charge in [-0.3, -0.25) is 4.79 Å². The molecular weight excluding hydrogens is 403 g/mol. The van der Waals surface area contributed by atoms with E-state index in [4.69, 9.17) is 4.74 Å². The quantitative estimate of drug-likeness (QED) is 0.832. The molecule has 0 radical (unpaired) electrons. The molecule has 1 saturated heterocycles. The van der Waals surface area contributed by atoms with Crippen LogP contribution in [0.4, 0.5) is 10.1 Å². The minimum Gasteiger partial charge on any atom is -0.487 e. The molecule has 126 valence electrons. The van der Waals surface area contributed by atoms with Crippen molar-refractivity contribution in [1.29, 1.82) is 0 Å². The van der Waals surface area contributed by atoms with E-state index in [1.807, 2.05) is 35.1 Å². The molecule has 0 unspecified atom stereocenters. The van der Waals surface area contributed by atoms with Crippen LogP contribution < -0.4 is 13.8 Å². The Morgan fingerprint density at radius 3 is 2.54 bits per heavy atom. The van der Waals surface area contributed by atoms with Crippen LogP contribution in [0.3, 0.4) is 0 Å². The zero-order valence-electron chi connectivity index (χ0n) is 12.2. The molecule has 1 heterocycles.